The molecule has 2 N–H and O–H groups in total. The Bertz CT molecular complexity index is 925. The summed E-state index contributed by atoms with van der Waals surface area (Å²) in [6.07, 6.45) is 5.33. The molecule has 0 spiro atoms. The van der Waals surface area contributed by atoms with Gasteiger partial charge in [-0.25, -0.2) is 0 Å². The number of carbonyl (C=O) groups is 2. The molecule has 32 heavy (non-hydrogen) atoms. The van der Waals surface area contributed by atoms with Crippen LogP contribution < -0.4 is 10.1 Å². The average Bonchev–Trinajstić information content (AvgIpc) is 2.82. The molecule has 1 amide bonds. The van der Waals surface area contributed by atoms with Crippen molar-refractivity contribution in [3.63, 3.8) is 0 Å². The molecule has 1 saturated heterocycles. The zero-order chi connectivity index (χ0) is 22.3. The van der Waals surface area contributed by atoms with Crippen LogP contribution in [0.25, 0.3) is 0 Å². The molecule has 2 heterocycles. The first-order valence-electron chi connectivity index (χ1n) is 11.7. The Labute approximate surface area is 189 Å². The fourth-order valence-electron chi connectivity index (χ4n) is 4.85. The molecule has 2 aromatic carbocycles. The number of benzene rings is 2. The van der Waals surface area contributed by atoms with Crippen molar-refractivity contribution in [1.29, 1.82) is 0 Å². The van der Waals surface area contributed by atoms with E-state index in [1.54, 1.807) is 4.90 Å². The maximum atomic E-state index is 13.2. The third kappa shape index (κ3) is 5.49. The van der Waals surface area contributed by atoms with Gasteiger partial charge in [-0.15, -0.1) is 0 Å². The van der Waals surface area contributed by atoms with Gasteiger partial charge >= 0.3 is 5.97 Å². The highest BCUT2D eigenvalue weighted by molar-refractivity contribution is 5.97. The minimum absolute atomic E-state index is 0.108. The lowest BCUT2D eigenvalue weighted by atomic mass is 9.93. The number of fused-ring (bicyclic) bond motifs is 1. The highest BCUT2D eigenvalue weighted by atomic mass is 16.5. The van der Waals surface area contributed by atoms with E-state index >= 15 is 0 Å². The summed E-state index contributed by atoms with van der Waals surface area (Å²) in [5.41, 5.74) is 2.47. The minimum Gasteiger partial charge on any atom is -0.494 e. The van der Waals surface area contributed by atoms with E-state index in [2.05, 4.69) is 5.32 Å². The Morgan fingerprint density at radius 3 is 2.69 bits per heavy atom. The second kappa shape index (κ2) is 10.6. The summed E-state index contributed by atoms with van der Waals surface area (Å²) in [7, 11) is 0. The van der Waals surface area contributed by atoms with E-state index in [-0.39, 0.29) is 12.3 Å². The van der Waals surface area contributed by atoms with Crippen molar-refractivity contribution < 1.29 is 19.4 Å². The molecule has 2 aliphatic heterocycles. The molecule has 6 heteroatoms. The van der Waals surface area contributed by atoms with Gasteiger partial charge in [0.2, 0.25) is 0 Å². The first-order valence-corrected chi connectivity index (χ1v) is 11.7. The van der Waals surface area contributed by atoms with Crippen LogP contribution in [-0.2, 0) is 11.2 Å². The molecule has 0 aliphatic carbocycles. The number of piperidine rings is 1. The Morgan fingerprint density at radius 1 is 1.16 bits per heavy atom. The topological polar surface area (TPSA) is 78.9 Å². The number of hydrogen-bond acceptors (Lipinski definition) is 4. The number of aliphatic carboxylic acids is 1. The minimum atomic E-state index is -0.911. The first-order chi connectivity index (χ1) is 15.6. The summed E-state index contributed by atoms with van der Waals surface area (Å²) >= 11 is 0. The van der Waals surface area contributed by atoms with E-state index in [0.717, 1.165) is 42.3 Å². The van der Waals surface area contributed by atoms with Crippen LogP contribution in [0.3, 0.4) is 0 Å². The van der Waals surface area contributed by atoms with Crippen LogP contribution in [0.4, 0.5) is 0 Å². The second-order valence-corrected chi connectivity index (χ2v) is 8.78. The smallest absolute Gasteiger partial charge is 0.305 e. The highest BCUT2D eigenvalue weighted by Crippen LogP contribution is 2.32. The Kier molecular flexibility index (Phi) is 7.43. The molecule has 6 nitrogen and oxygen atoms in total. The SMILES string of the molecule is O=C(O)CC(c1ccccc1)N1CCc2cc(OCCCC3CCNCC3)ccc2C1=O. The number of ether oxygens (including phenoxy) is 1. The summed E-state index contributed by atoms with van der Waals surface area (Å²) in [4.78, 5) is 26.4. The van der Waals surface area contributed by atoms with Gasteiger partial charge < -0.3 is 20.1 Å². The van der Waals surface area contributed by atoms with Gasteiger partial charge in [0.05, 0.1) is 19.1 Å². The number of nitrogens with one attached hydrogen (secondary N) is 1. The highest BCUT2D eigenvalue weighted by Gasteiger charge is 2.32. The van der Waals surface area contributed by atoms with Gasteiger partial charge in [-0.05, 0) is 80.4 Å². The van der Waals surface area contributed by atoms with Gasteiger partial charge in [-0.2, -0.15) is 0 Å². The zero-order valence-corrected chi connectivity index (χ0v) is 18.5. The summed E-state index contributed by atoms with van der Waals surface area (Å²) in [5.74, 6) is 0.584. The molecular weight excluding hydrogens is 404 g/mol. The van der Waals surface area contributed by atoms with Crippen LogP contribution in [0, 0.1) is 5.92 Å². The lowest BCUT2D eigenvalue weighted by Gasteiger charge is -2.35. The normalized spacial score (nSPS) is 17.6. The van der Waals surface area contributed by atoms with Crippen LogP contribution >= 0.6 is 0 Å². The summed E-state index contributed by atoms with van der Waals surface area (Å²) < 4.78 is 5.98. The van der Waals surface area contributed by atoms with E-state index in [1.165, 1.54) is 19.3 Å². The van der Waals surface area contributed by atoms with Crippen molar-refractivity contribution in [2.24, 2.45) is 5.92 Å². The van der Waals surface area contributed by atoms with E-state index in [0.29, 0.717) is 25.1 Å². The summed E-state index contributed by atoms with van der Waals surface area (Å²) in [6.45, 7) is 3.44. The van der Waals surface area contributed by atoms with Crippen molar-refractivity contribution in [2.45, 2.75) is 44.6 Å². The van der Waals surface area contributed by atoms with E-state index in [1.807, 2.05) is 48.5 Å². The molecular formula is C26H32N2O4. The van der Waals surface area contributed by atoms with Gasteiger partial charge in [0.25, 0.3) is 5.91 Å². The molecule has 0 saturated carbocycles. The van der Waals surface area contributed by atoms with Gasteiger partial charge in [0.1, 0.15) is 5.75 Å². The predicted molar refractivity (Wildman–Crippen MR) is 123 cm³/mol. The van der Waals surface area contributed by atoms with Gasteiger partial charge in [0.15, 0.2) is 0 Å². The monoisotopic (exact) mass is 436 g/mol. The number of rotatable bonds is 9. The van der Waals surface area contributed by atoms with Gasteiger partial charge in [-0.1, -0.05) is 30.3 Å². The Hall–Kier alpha value is -2.86. The average molecular weight is 437 g/mol. The molecule has 0 radical (unpaired) electrons. The Balaban J connectivity index is 1.39. The third-order valence-corrected chi connectivity index (χ3v) is 6.60. The summed E-state index contributed by atoms with van der Waals surface area (Å²) in [6, 6.07) is 14.6. The maximum Gasteiger partial charge on any atom is 0.305 e. The van der Waals surface area contributed by atoms with Crippen molar-refractivity contribution in [3.8, 4) is 5.75 Å². The Morgan fingerprint density at radius 2 is 1.94 bits per heavy atom. The van der Waals surface area contributed by atoms with Gasteiger partial charge in [0, 0.05) is 12.1 Å². The second-order valence-electron chi connectivity index (χ2n) is 8.78. The number of carbonyl (C=O) groups excluding carboxylic acids is 1. The third-order valence-electron chi connectivity index (χ3n) is 6.60. The van der Waals surface area contributed by atoms with Crippen molar-refractivity contribution in [2.75, 3.05) is 26.2 Å². The number of nitrogens with zero attached hydrogens (tertiary/aromatic N) is 1. The number of carboxylic acid groups (broad SMARTS) is 1. The molecule has 0 bridgehead atoms. The van der Waals surface area contributed by atoms with E-state index < -0.39 is 12.0 Å². The molecule has 170 valence electrons. The van der Waals surface area contributed by atoms with Gasteiger partial charge in [-0.3, -0.25) is 9.59 Å². The zero-order valence-electron chi connectivity index (χ0n) is 18.5. The number of hydrogen-bond donors (Lipinski definition) is 2. The maximum absolute atomic E-state index is 13.2. The van der Waals surface area contributed by atoms with Crippen molar-refractivity contribution >= 4 is 11.9 Å². The van der Waals surface area contributed by atoms with Crippen LogP contribution in [0.15, 0.2) is 48.5 Å². The van der Waals surface area contributed by atoms with Crippen LogP contribution in [0.5, 0.6) is 5.75 Å². The largest absolute Gasteiger partial charge is 0.494 e. The van der Waals surface area contributed by atoms with Crippen LogP contribution in [0.1, 0.15) is 59.6 Å². The summed E-state index contributed by atoms with van der Waals surface area (Å²) in [5, 5.41) is 12.8. The lowest BCUT2D eigenvalue weighted by molar-refractivity contribution is -0.138. The molecule has 1 fully saturated rings. The molecule has 2 aliphatic rings. The standard InChI is InChI=1S/C26H32N2O4/c29-25(30)18-24(20-6-2-1-3-7-20)28-15-12-21-17-22(8-9-23(21)26(28)31)32-16-4-5-19-10-13-27-14-11-19/h1-3,6-9,17,19,24,27H,4-5,10-16,18H2,(H,29,30). The van der Waals surface area contributed by atoms with Crippen molar-refractivity contribution in [3.05, 3.63) is 65.2 Å². The van der Waals surface area contributed by atoms with Crippen LogP contribution in [-0.4, -0.2) is 48.1 Å². The molecule has 1 atom stereocenters. The number of carboxylic acids is 1. The molecule has 2 aromatic rings. The first kappa shape index (κ1) is 22.3. The fraction of sp³-hybridized carbons (Fsp3) is 0.462. The van der Waals surface area contributed by atoms with Crippen LogP contribution in [0.2, 0.25) is 0 Å². The van der Waals surface area contributed by atoms with Crippen molar-refractivity contribution in [1.82, 2.24) is 10.2 Å². The lowest BCUT2D eigenvalue weighted by Crippen LogP contribution is -2.41. The molecule has 4 rings (SSSR count). The van der Waals surface area contributed by atoms with E-state index in [9.17, 15) is 14.7 Å². The fourth-order valence-corrected chi connectivity index (χ4v) is 4.85. The molecule has 1 unspecified atom stereocenters. The predicted octanol–water partition coefficient (Wildman–Crippen LogP) is 4.06. The number of amides is 1. The molecule has 0 aromatic heterocycles. The van der Waals surface area contributed by atoms with E-state index in [4.69, 9.17) is 4.74 Å². The quantitative estimate of drug-likeness (QED) is 0.580.